The molecule has 0 aliphatic heterocycles. The summed E-state index contributed by atoms with van der Waals surface area (Å²) >= 11 is 0. The zero-order chi connectivity index (χ0) is 23.8. The Morgan fingerprint density at radius 2 is 1.79 bits per heavy atom. The van der Waals surface area contributed by atoms with Crippen molar-refractivity contribution in [2.24, 2.45) is 0 Å². The van der Waals surface area contributed by atoms with E-state index in [2.05, 4.69) is 36.5 Å². The summed E-state index contributed by atoms with van der Waals surface area (Å²) in [4.78, 5) is 24.4. The number of benzene rings is 2. The van der Waals surface area contributed by atoms with Crippen LogP contribution < -0.4 is 5.32 Å². The molecule has 3 aromatic rings. The first-order valence-electron chi connectivity index (χ1n) is 11.4. The minimum Gasteiger partial charge on any atom is -0.443 e. The van der Waals surface area contributed by atoms with Crippen molar-refractivity contribution in [1.29, 1.82) is 0 Å². The standard InChI is InChI=1S/C27H32N2O4/c1-17-6-9-20(10-7-17)21-13-22(14-21)32-16-19-8-11-25-23(12-19)24(28-18(2)30)15-29(25)26(31)33-27(3,4)5/h6-12,15,21-22H,13-14,16H2,1-5H3,(H,28,30)/t21-,22+. The monoisotopic (exact) mass is 448 g/mol. The SMILES string of the molecule is CC(=O)Nc1cn(C(=O)OC(C)(C)C)c2ccc(CO[C@H]3C[C@@H](c4ccc(C)cc4)C3)cc12. The molecule has 4 rings (SSSR count). The number of anilines is 1. The maximum absolute atomic E-state index is 12.7. The van der Waals surface area contributed by atoms with Crippen LogP contribution in [-0.2, 0) is 20.9 Å². The van der Waals surface area contributed by atoms with Gasteiger partial charge in [-0.3, -0.25) is 9.36 Å². The van der Waals surface area contributed by atoms with Gasteiger partial charge in [0.15, 0.2) is 0 Å². The van der Waals surface area contributed by atoms with Gasteiger partial charge in [0.2, 0.25) is 5.91 Å². The lowest BCUT2D eigenvalue weighted by Crippen LogP contribution is -2.29. The Hall–Kier alpha value is -3.12. The van der Waals surface area contributed by atoms with E-state index >= 15 is 0 Å². The summed E-state index contributed by atoms with van der Waals surface area (Å²) in [6, 6.07) is 14.5. The molecule has 2 aromatic carbocycles. The van der Waals surface area contributed by atoms with Gasteiger partial charge in [-0.1, -0.05) is 35.9 Å². The molecule has 1 heterocycles. The largest absolute Gasteiger partial charge is 0.443 e. The van der Waals surface area contributed by atoms with Crippen molar-refractivity contribution < 1.29 is 19.1 Å². The highest BCUT2D eigenvalue weighted by atomic mass is 16.6. The van der Waals surface area contributed by atoms with Crippen molar-refractivity contribution in [1.82, 2.24) is 4.57 Å². The average molecular weight is 449 g/mol. The van der Waals surface area contributed by atoms with E-state index in [0.717, 1.165) is 23.8 Å². The van der Waals surface area contributed by atoms with Crippen LogP contribution in [0.4, 0.5) is 10.5 Å². The second-order valence-electron chi connectivity index (χ2n) is 9.94. The Bertz CT molecular complexity index is 1170. The molecule has 1 aromatic heterocycles. The number of nitrogens with zero attached hydrogens (tertiary/aromatic N) is 1. The Balaban J connectivity index is 1.46. The van der Waals surface area contributed by atoms with Gasteiger partial charge in [0.05, 0.1) is 23.9 Å². The Morgan fingerprint density at radius 3 is 2.42 bits per heavy atom. The Labute approximate surface area is 194 Å². The molecular formula is C27H32N2O4. The fraction of sp³-hybridized carbons (Fsp3) is 0.407. The number of ether oxygens (including phenoxy) is 2. The van der Waals surface area contributed by atoms with Crippen molar-refractivity contribution >= 4 is 28.6 Å². The number of carbonyl (C=O) groups is 2. The van der Waals surface area contributed by atoms with Crippen LogP contribution >= 0.6 is 0 Å². The molecule has 174 valence electrons. The second kappa shape index (κ2) is 9.02. The highest BCUT2D eigenvalue weighted by Gasteiger charge is 2.31. The van der Waals surface area contributed by atoms with Crippen LogP contribution in [0, 0.1) is 6.92 Å². The third-order valence-corrected chi connectivity index (χ3v) is 5.90. The van der Waals surface area contributed by atoms with Crippen molar-refractivity contribution in [3.63, 3.8) is 0 Å². The smallest absolute Gasteiger partial charge is 0.419 e. The minimum atomic E-state index is -0.616. The quantitative estimate of drug-likeness (QED) is 0.508. The number of fused-ring (bicyclic) bond motifs is 1. The molecule has 6 nitrogen and oxygen atoms in total. The van der Waals surface area contributed by atoms with E-state index in [4.69, 9.17) is 9.47 Å². The number of aromatic nitrogens is 1. The van der Waals surface area contributed by atoms with Crippen molar-refractivity contribution in [3.05, 3.63) is 65.4 Å². The van der Waals surface area contributed by atoms with E-state index in [1.165, 1.54) is 22.6 Å². The molecule has 6 heteroatoms. The molecule has 1 fully saturated rings. The fourth-order valence-electron chi connectivity index (χ4n) is 4.14. The van der Waals surface area contributed by atoms with Crippen LogP contribution in [0.1, 0.15) is 63.1 Å². The number of rotatable bonds is 5. The molecular weight excluding hydrogens is 416 g/mol. The van der Waals surface area contributed by atoms with E-state index < -0.39 is 11.7 Å². The number of hydrogen-bond donors (Lipinski definition) is 1. The van der Waals surface area contributed by atoms with Crippen LogP contribution in [0.5, 0.6) is 0 Å². The third-order valence-electron chi connectivity index (χ3n) is 5.90. The maximum atomic E-state index is 12.7. The number of nitrogens with one attached hydrogen (secondary N) is 1. The predicted molar refractivity (Wildman–Crippen MR) is 130 cm³/mol. The van der Waals surface area contributed by atoms with E-state index in [1.807, 2.05) is 39.0 Å². The first-order chi connectivity index (χ1) is 15.6. The van der Waals surface area contributed by atoms with E-state index in [0.29, 0.717) is 23.7 Å². The zero-order valence-corrected chi connectivity index (χ0v) is 20.0. The molecule has 1 aliphatic carbocycles. The lowest BCUT2D eigenvalue weighted by atomic mass is 9.77. The van der Waals surface area contributed by atoms with Crippen LogP contribution in [0.2, 0.25) is 0 Å². The number of amides is 1. The topological polar surface area (TPSA) is 69.6 Å². The van der Waals surface area contributed by atoms with Gasteiger partial charge >= 0.3 is 6.09 Å². The van der Waals surface area contributed by atoms with Gasteiger partial charge in [-0.15, -0.1) is 0 Å². The van der Waals surface area contributed by atoms with Crippen LogP contribution in [0.25, 0.3) is 10.9 Å². The molecule has 1 aliphatic rings. The molecule has 0 unspecified atom stereocenters. The molecule has 33 heavy (non-hydrogen) atoms. The number of carbonyl (C=O) groups excluding carboxylic acids is 2. The predicted octanol–water partition coefficient (Wildman–Crippen LogP) is 6.15. The Kier molecular flexibility index (Phi) is 6.30. The first-order valence-corrected chi connectivity index (χ1v) is 11.4. The molecule has 1 saturated carbocycles. The molecule has 0 saturated heterocycles. The Morgan fingerprint density at radius 1 is 1.09 bits per heavy atom. The van der Waals surface area contributed by atoms with Gasteiger partial charge in [0.25, 0.3) is 0 Å². The normalized spacial score (nSPS) is 18.1. The summed E-state index contributed by atoms with van der Waals surface area (Å²) in [6.07, 6.45) is 3.43. The second-order valence-corrected chi connectivity index (χ2v) is 9.94. The van der Waals surface area contributed by atoms with Gasteiger partial charge in [-0.05, 0) is 69.7 Å². The summed E-state index contributed by atoms with van der Waals surface area (Å²) in [5, 5.41) is 3.60. The van der Waals surface area contributed by atoms with Crippen LogP contribution in [0.15, 0.2) is 48.7 Å². The van der Waals surface area contributed by atoms with Gasteiger partial charge < -0.3 is 14.8 Å². The van der Waals surface area contributed by atoms with Crippen LogP contribution in [0.3, 0.4) is 0 Å². The highest BCUT2D eigenvalue weighted by molar-refractivity contribution is 6.04. The first kappa shape index (κ1) is 23.1. The van der Waals surface area contributed by atoms with Crippen LogP contribution in [-0.4, -0.2) is 28.3 Å². The minimum absolute atomic E-state index is 0.198. The van der Waals surface area contributed by atoms with Gasteiger partial charge in [0, 0.05) is 18.5 Å². The third kappa shape index (κ3) is 5.45. The van der Waals surface area contributed by atoms with Crippen molar-refractivity contribution in [2.75, 3.05) is 5.32 Å². The lowest BCUT2D eigenvalue weighted by molar-refractivity contribution is -0.114. The summed E-state index contributed by atoms with van der Waals surface area (Å²) in [7, 11) is 0. The van der Waals surface area contributed by atoms with Crippen molar-refractivity contribution in [2.45, 2.75) is 71.7 Å². The van der Waals surface area contributed by atoms with Crippen molar-refractivity contribution in [3.8, 4) is 0 Å². The highest BCUT2D eigenvalue weighted by Crippen LogP contribution is 2.39. The van der Waals surface area contributed by atoms with E-state index in [-0.39, 0.29) is 12.0 Å². The zero-order valence-electron chi connectivity index (χ0n) is 20.0. The molecule has 1 amide bonds. The molecule has 0 spiro atoms. The van der Waals surface area contributed by atoms with E-state index in [1.54, 1.807) is 6.20 Å². The lowest BCUT2D eigenvalue weighted by Gasteiger charge is -2.35. The molecule has 0 bridgehead atoms. The molecule has 0 atom stereocenters. The number of aryl methyl sites for hydroxylation is 1. The number of hydrogen-bond acceptors (Lipinski definition) is 4. The average Bonchev–Trinajstić information content (AvgIpc) is 3.04. The van der Waals surface area contributed by atoms with Gasteiger partial charge in [-0.2, -0.15) is 0 Å². The summed E-state index contributed by atoms with van der Waals surface area (Å²) in [6.45, 7) is 9.51. The summed E-state index contributed by atoms with van der Waals surface area (Å²) < 4.78 is 13.1. The van der Waals surface area contributed by atoms with E-state index in [9.17, 15) is 9.59 Å². The molecule has 1 N–H and O–H groups in total. The van der Waals surface area contributed by atoms with Gasteiger partial charge in [0.1, 0.15) is 5.60 Å². The van der Waals surface area contributed by atoms with Gasteiger partial charge in [-0.25, -0.2) is 4.79 Å². The summed E-state index contributed by atoms with van der Waals surface area (Å²) in [5.41, 5.74) is 4.29. The molecule has 0 radical (unpaired) electrons. The summed E-state index contributed by atoms with van der Waals surface area (Å²) in [5.74, 6) is 0.365. The fourth-order valence-corrected chi connectivity index (χ4v) is 4.14. The maximum Gasteiger partial charge on any atom is 0.419 e.